The summed E-state index contributed by atoms with van der Waals surface area (Å²) >= 11 is 1.30. The molecule has 4 nitrogen and oxygen atoms in total. The Labute approximate surface area is 85.4 Å². The maximum atomic E-state index is 10.5. The van der Waals surface area contributed by atoms with Crippen LogP contribution in [0.15, 0.2) is 5.38 Å². The molecule has 72 valence electrons. The summed E-state index contributed by atoms with van der Waals surface area (Å²) in [6.07, 6.45) is 0.676. The topological polar surface area (TPSA) is 59.1 Å². The summed E-state index contributed by atoms with van der Waals surface area (Å²) in [5.74, 6) is 5.34. The second-order valence-corrected chi connectivity index (χ2v) is 3.26. The molecule has 0 aliphatic carbocycles. The van der Waals surface area contributed by atoms with Crippen molar-refractivity contribution in [2.24, 2.45) is 0 Å². The van der Waals surface area contributed by atoms with Crippen molar-refractivity contribution < 1.29 is 9.59 Å². The molecule has 0 bridgehead atoms. The van der Waals surface area contributed by atoms with E-state index in [1.165, 1.54) is 18.3 Å². The molecular formula is C9H8N2O2S. The molecule has 1 rings (SSSR count). The van der Waals surface area contributed by atoms with Crippen molar-refractivity contribution in [2.45, 2.75) is 6.92 Å². The number of hydrogen-bond donors (Lipinski definition) is 1. The van der Waals surface area contributed by atoms with E-state index in [4.69, 9.17) is 0 Å². The number of rotatable bonds is 2. The van der Waals surface area contributed by atoms with Gasteiger partial charge in [-0.1, -0.05) is 5.92 Å². The molecule has 1 aromatic heterocycles. The van der Waals surface area contributed by atoms with Crippen molar-refractivity contribution in [3.05, 3.63) is 16.1 Å². The number of amides is 1. The third kappa shape index (κ3) is 3.37. The fourth-order valence-electron chi connectivity index (χ4n) is 0.686. The van der Waals surface area contributed by atoms with Crippen LogP contribution >= 0.6 is 11.3 Å². The van der Waals surface area contributed by atoms with Gasteiger partial charge in [-0.05, 0) is 5.92 Å². The molecule has 0 aromatic carbocycles. The zero-order valence-electron chi connectivity index (χ0n) is 7.53. The van der Waals surface area contributed by atoms with Crippen molar-refractivity contribution >= 4 is 23.5 Å². The SMILES string of the molecule is CC(=O)NCC#Cc1nc(C=O)cs1. The summed E-state index contributed by atoms with van der Waals surface area (Å²) < 4.78 is 0. The molecule has 1 N–H and O–H groups in total. The molecule has 0 saturated carbocycles. The quantitative estimate of drug-likeness (QED) is 0.567. The molecule has 0 radical (unpaired) electrons. The molecular weight excluding hydrogens is 200 g/mol. The van der Waals surface area contributed by atoms with Gasteiger partial charge in [0, 0.05) is 12.3 Å². The molecule has 14 heavy (non-hydrogen) atoms. The Morgan fingerprint density at radius 3 is 3.14 bits per heavy atom. The van der Waals surface area contributed by atoms with Gasteiger partial charge in [0.05, 0.1) is 6.54 Å². The minimum atomic E-state index is -0.119. The van der Waals surface area contributed by atoms with E-state index >= 15 is 0 Å². The highest BCUT2D eigenvalue weighted by Crippen LogP contribution is 2.05. The number of thiazole rings is 1. The van der Waals surface area contributed by atoms with Crippen molar-refractivity contribution in [1.82, 2.24) is 10.3 Å². The summed E-state index contributed by atoms with van der Waals surface area (Å²) in [4.78, 5) is 24.7. The van der Waals surface area contributed by atoms with Crippen molar-refractivity contribution in [3.63, 3.8) is 0 Å². The number of carbonyl (C=O) groups excluding carboxylic acids is 2. The molecule has 0 unspecified atom stereocenters. The normalized spacial score (nSPS) is 8.64. The van der Waals surface area contributed by atoms with E-state index in [-0.39, 0.29) is 5.91 Å². The molecule has 5 heteroatoms. The highest BCUT2D eigenvalue weighted by atomic mass is 32.1. The monoisotopic (exact) mass is 208 g/mol. The van der Waals surface area contributed by atoms with E-state index in [2.05, 4.69) is 22.1 Å². The lowest BCUT2D eigenvalue weighted by Crippen LogP contribution is -2.19. The van der Waals surface area contributed by atoms with Gasteiger partial charge in [-0.15, -0.1) is 11.3 Å². The van der Waals surface area contributed by atoms with Crippen molar-refractivity contribution in [1.29, 1.82) is 0 Å². The molecule has 0 aliphatic rings. The Bertz CT molecular complexity index is 400. The Kier molecular flexibility index (Phi) is 3.83. The van der Waals surface area contributed by atoms with Crippen LogP contribution in [0.5, 0.6) is 0 Å². The summed E-state index contributed by atoms with van der Waals surface area (Å²) in [6.45, 7) is 1.72. The first-order valence-electron chi connectivity index (χ1n) is 3.86. The second-order valence-electron chi connectivity index (χ2n) is 2.41. The number of aromatic nitrogens is 1. The zero-order chi connectivity index (χ0) is 10.4. The fourth-order valence-corrected chi connectivity index (χ4v) is 1.32. The third-order valence-corrected chi connectivity index (χ3v) is 2.04. The van der Waals surface area contributed by atoms with Crippen LogP contribution in [0.1, 0.15) is 22.4 Å². The Hall–Kier alpha value is -1.67. The van der Waals surface area contributed by atoms with Gasteiger partial charge < -0.3 is 5.32 Å². The van der Waals surface area contributed by atoms with Crippen LogP contribution in [-0.4, -0.2) is 23.7 Å². The third-order valence-electron chi connectivity index (χ3n) is 1.26. The highest BCUT2D eigenvalue weighted by molar-refractivity contribution is 7.10. The van der Waals surface area contributed by atoms with Crippen LogP contribution in [-0.2, 0) is 4.79 Å². The fraction of sp³-hybridized carbons (Fsp3) is 0.222. The number of carbonyl (C=O) groups is 2. The Morgan fingerprint density at radius 2 is 2.57 bits per heavy atom. The van der Waals surface area contributed by atoms with Crippen molar-refractivity contribution in [2.75, 3.05) is 6.54 Å². The van der Waals surface area contributed by atoms with E-state index in [1.54, 1.807) is 5.38 Å². The average molecular weight is 208 g/mol. The van der Waals surface area contributed by atoms with Gasteiger partial charge in [-0.2, -0.15) is 0 Å². The molecule has 0 saturated heterocycles. The Balaban J connectivity index is 2.50. The van der Waals surface area contributed by atoms with E-state index in [9.17, 15) is 9.59 Å². The Morgan fingerprint density at radius 1 is 1.79 bits per heavy atom. The smallest absolute Gasteiger partial charge is 0.217 e. The van der Waals surface area contributed by atoms with Gasteiger partial charge >= 0.3 is 0 Å². The maximum absolute atomic E-state index is 10.5. The van der Waals surface area contributed by atoms with Crippen LogP contribution in [0.2, 0.25) is 0 Å². The lowest BCUT2D eigenvalue weighted by molar-refractivity contribution is -0.118. The summed E-state index contributed by atoms with van der Waals surface area (Å²) in [5.41, 5.74) is 0.388. The van der Waals surface area contributed by atoms with Crippen LogP contribution in [0.25, 0.3) is 0 Å². The van der Waals surface area contributed by atoms with Crippen LogP contribution in [0, 0.1) is 11.8 Å². The predicted octanol–water partition coefficient (Wildman–Crippen LogP) is 0.443. The molecule has 1 amide bonds. The lowest BCUT2D eigenvalue weighted by Gasteiger charge is -1.89. The van der Waals surface area contributed by atoms with Gasteiger partial charge in [0.2, 0.25) is 5.91 Å². The number of aldehydes is 1. The van der Waals surface area contributed by atoms with E-state index in [0.29, 0.717) is 23.5 Å². The minimum absolute atomic E-state index is 0.119. The lowest BCUT2D eigenvalue weighted by atomic mass is 10.5. The predicted molar refractivity (Wildman–Crippen MR) is 53.1 cm³/mol. The number of nitrogens with zero attached hydrogens (tertiary/aromatic N) is 1. The average Bonchev–Trinajstić information content (AvgIpc) is 2.60. The first-order valence-corrected chi connectivity index (χ1v) is 4.74. The van der Waals surface area contributed by atoms with Gasteiger partial charge in [0.25, 0.3) is 0 Å². The highest BCUT2D eigenvalue weighted by Gasteiger charge is 1.95. The number of nitrogens with one attached hydrogen (secondary N) is 1. The summed E-state index contributed by atoms with van der Waals surface area (Å²) in [5, 5.41) is 4.75. The van der Waals surface area contributed by atoms with E-state index < -0.39 is 0 Å². The largest absolute Gasteiger partial charge is 0.345 e. The molecule has 0 fully saturated rings. The molecule has 1 heterocycles. The maximum Gasteiger partial charge on any atom is 0.217 e. The van der Waals surface area contributed by atoms with E-state index in [1.807, 2.05) is 0 Å². The first-order chi connectivity index (χ1) is 6.72. The second kappa shape index (κ2) is 5.14. The van der Waals surface area contributed by atoms with Gasteiger partial charge in [-0.3, -0.25) is 9.59 Å². The van der Waals surface area contributed by atoms with E-state index in [0.717, 1.165) is 0 Å². The molecule has 0 aliphatic heterocycles. The van der Waals surface area contributed by atoms with Crippen molar-refractivity contribution in [3.8, 4) is 11.8 Å². The van der Waals surface area contributed by atoms with Crippen LogP contribution in [0.3, 0.4) is 0 Å². The molecule has 1 aromatic rings. The standard InChI is InChI=1S/C9H8N2O2S/c1-7(13)10-4-2-3-9-11-8(5-12)6-14-9/h5-6H,4H2,1H3,(H,10,13). The van der Waals surface area contributed by atoms with Crippen LogP contribution in [0.4, 0.5) is 0 Å². The molecule has 0 atom stereocenters. The first kappa shape index (κ1) is 10.4. The molecule has 0 spiro atoms. The van der Waals surface area contributed by atoms with Gasteiger partial charge in [-0.25, -0.2) is 4.98 Å². The minimum Gasteiger partial charge on any atom is -0.345 e. The summed E-state index contributed by atoms with van der Waals surface area (Å²) in [6, 6.07) is 0. The number of hydrogen-bond acceptors (Lipinski definition) is 4. The van der Waals surface area contributed by atoms with Gasteiger partial charge in [0.15, 0.2) is 11.3 Å². The zero-order valence-corrected chi connectivity index (χ0v) is 8.35. The summed E-state index contributed by atoms with van der Waals surface area (Å²) in [7, 11) is 0. The van der Waals surface area contributed by atoms with Crippen LogP contribution < -0.4 is 5.32 Å². The van der Waals surface area contributed by atoms with Gasteiger partial charge in [0.1, 0.15) is 5.69 Å².